The number of nitrogens with one attached hydrogen (secondary N) is 2. The molecular weight excluding hydrogens is 436 g/mol. The Kier molecular flexibility index (Phi) is 6.84. The van der Waals surface area contributed by atoms with Crippen LogP contribution in [0.5, 0.6) is 5.75 Å². The highest BCUT2D eigenvalue weighted by atomic mass is 32.2. The predicted octanol–water partition coefficient (Wildman–Crippen LogP) is 4.40. The number of aromatic amines is 1. The van der Waals surface area contributed by atoms with Gasteiger partial charge in [-0.3, -0.25) is 14.2 Å². The van der Waals surface area contributed by atoms with Crippen LogP contribution in [0.1, 0.15) is 20.3 Å². The van der Waals surface area contributed by atoms with Crippen LogP contribution in [0.2, 0.25) is 0 Å². The molecule has 0 aliphatic carbocycles. The molecule has 0 saturated heterocycles. The molecule has 0 fully saturated rings. The van der Waals surface area contributed by atoms with E-state index in [1.807, 2.05) is 44.2 Å². The van der Waals surface area contributed by atoms with Crippen molar-refractivity contribution >= 4 is 28.7 Å². The monoisotopic (exact) mass is 462 g/mol. The molecule has 1 atom stereocenters. The van der Waals surface area contributed by atoms with Gasteiger partial charge in [0.2, 0.25) is 5.91 Å². The van der Waals surface area contributed by atoms with E-state index < -0.39 is 0 Å². The number of aromatic nitrogens is 3. The molecule has 4 aromatic rings. The molecule has 4 rings (SSSR count). The third kappa shape index (κ3) is 4.80. The van der Waals surface area contributed by atoms with Gasteiger partial charge in [-0.2, -0.15) is 0 Å². The average Bonchev–Trinajstić information content (AvgIpc) is 3.27. The lowest BCUT2D eigenvalue weighted by Gasteiger charge is -2.14. The quantitative estimate of drug-likeness (QED) is 0.299. The van der Waals surface area contributed by atoms with Crippen LogP contribution in [0.3, 0.4) is 0 Å². The summed E-state index contributed by atoms with van der Waals surface area (Å²) in [6.45, 7) is 3.98. The zero-order chi connectivity index (χ0) is 23.4. The molecule has 1 amide bonds. The molecule has 2 N–H and O–H groups in total. The molecule has 170 valence electrons. The van der Waals surface area contributed by atoms with Crippen LogP contribution in [0, 0.1) is 0 Å². The van der Waals surface area contributed by atoms with Gasteiger partial charge in [-0.05, 0) is 43.2 Å². The number of ether oxygens (including phenoxy) is 1. The highest BCUT2D eigenvalue weighted by Crippen LogP contribution is 2.29. The van der Waals surface area contributed by atoms with Crippen LogP contribution in [-0.2, 0) is 4.79 Å². The Bertz CT molecular complexity index is 1310. The minimum Gasteiger partial charge on any atom is -0.497 e. The summed E-state index contributed by atoms with van der Waals surface area (Å²) in [4.78, 5) is 33.9. The van der Waals surface area contributed by atoms with Gasteiger partial charge < -0.3 is 15.0 Å². The summed E-state index contributed by atoms with van der Waals surface area (Å²) in [6.07, 6.45) is 2.65. The van der Waals surface area contributed by atoms with Crippen molar-refractivity contribution < 1.29 is 9.53 Å². The lowest BCUT2D eigenvalue weighted by Crippen LogP contribution is -2.33. The first-order valence-corrected chi connectivity index (χ1v) is 11.8. The zero-order valence-electron chi connectivity index (χ0n) is 18.8. The first-order valence-electron chi connectivity index (χ1n) is 10.8. The number of hydrogen-bond acceptors (Lipinski definition) is 5. The fourth-order valence-corrected chi connectivity index (χ4v) is 4.30. The van der Waals surface area contributed by atoms with Gasteiger partial charge >= 0.3 is 0 Å². The summed E-state index contributed by atoms with van der Waals surface area (Å²) in [7, 11) is 1.59. The third-order valence-corrected chi connectivity index (χ3v) is 6.37. The number of H-pyrrole nitrogens is 1. The molecule has 0 bridgehead atoms. The van der Waals surface area contributed by atoms with Crippen molar-refractivity contribution in [2.45, 2.75) is 31.5 Å². The largest absolute Gasteiger partial charge is 0.497 e. The fraction of sp³-hybridized carbons (Fsp3) is 0.240. The molecule has 2 heterocycles. The van der Waals surface area contributed by atoms with Gasteiger partial charge in [0, 0.05) is 17.8 Å². The first-order chi connectivity index (χ1) is 16.0. The topological polar surface area (TPSA) is 89.0 Å². The highest BCUT2D eigenvalue weighted by Gasteiger charge is 2.19. The van der Waals surface area contributed by atoms with Crippen molar-refractivity contribution in [2.75, 3.05) is 12.9 Å². The summed E-state index contributed by atoms with van der Waals surface area (Å²) in [5.74, 6) is 0.750. The van der Waals surface area contributed by atoms with E-state index in [9.17, 15) is 9.59 Å². The summed E-state index contributed by atoms with van der Waals surface area (Å²) in [5, 5.41) is 3.41. The van der Waals surface area contributed by atoms with Gasteiger partial charge in [0.25, 0.3) is 5.56 Å². The van der Waals surface area contributed by atoms with Crippen LogP contribution in [0.4, 0.5) is 0 Å². The Labute approximate surface area is 196 Å². The maximum absolute atomic E-state index is 13.6. The van der Waals surface area contributed by atoms with E-state index in [1.165, 1.54) is 16.3 Å². The van der Waals surface area contributed by atoms with Gasteiger partial charge in [0.05, 0.1) is 18.6 Å². The summed E-state index contributed by atoms with van der Waals surface area (Å²) < 4.78 is 6.78. The van der Waals surface area contributed by atoms with Gasteiger partial charge in [0.15, 0.2) is 5.16 Å². The van der Waals surface area contributed by atoms with Crippen LogP contribution in [-0.4, -0.2) is 39.3 Å². The Balaban J connectivity index is 1.81. The Morgan fingerprint density at radius 3 is 2.58 bits per heavy atom. The maximum Gasteiger partial charge on any atom is 0.283 e. The van der Waals surface area contributed by atoms with Crippen molar-refractivity contribution in [2.24, 2.45) is 0 Å². The van der Waals surface area contributed by atoms with Crippen molar-refractivity contribution in [3.05, 3.63) is 71.1 Å². The number of nitrogens with zero attached hydrogens (tertiary/aromatic N) is 2. The second-order valence-corrected chi connectivity index (χ2v) is 8.63. The van der Waals surface area contributed by atoms with E-state index >= 15 is 0 Å². The molecule has 0 radical (unpaired) electrons. The number of fused-ring (bicyclic) bond motifs is 1. The van der Waals surface area contributed by atoms with Crippen molar-refractivity contribution in [3.63, 3.8) is 0 Å². The SMILES string of the molecule is CCC(C)NC(=O)CSc1nc2c(-c3ccccc3)c[nH]c2c(=O)n1-c1ccc(OC)cc1. The molecule has 2 aromatic heterocycles. The number of methoxy groups -OCH3 is 1. The number of rotatable bonds is 8. The van der Waals surface area contributed by atoms with Gasteiger partial charge in [-0.15, -0.1) is 0 Å². The van der Waals surface area contributed by atoms with E-state index in [4.69, 9.17) is 9.72 Å². The molecular formula is C25H26N4O3S. The lowest BCUT2D eigenvalue weighted by molar-refractivity contribution is -0.119. The zero-order valence-corrected chi connectivity index (χ0v) is 19.6. The van der Waals surface area contributed by atoms with Gasteiger partial charge in [-0.25, -0.2) is 4.98 Å². The van der Waals surface area contributed by atoms with E-state index in [1.54, 1.807) is 37.6 Å². The Morgan fingerprint density at radius 2 is 1.91 bits per heavy atom. The van der Waals surface area contributed by atoms with Crippen LogP contribution < -0.4 is 15.6 Å². The second-order valence-electron chi connectivity index (χ2n) is 7.69. The molecule has 0 aliphatic rings. The molecule has 1 unspecified atom stereocenters. The number of thioether (sulfide) groups is 1. The predicted molar refractivity (Wildman–Crippen MR) is 132 cm³/mol. The first kappa shape index (κ1) is 22.7. The summed E-state index contributed by atoms with van der Waals surface area (Å²) >= 11 is 1.24. The third-order valence-electron chi connectivity index (χ3n) is 5.44. The van der Waals surface area contributed by atoms with Gasteiger partial charge in [-0.1, -0.05) is 49.0 Å². The number of carbonyl (C=O) groups is 1. The molecule has 33 heavy (non-hydrogen) atoms. The molecule has 7 nitrogen and oxygen atoms in total. The smallest absolute Gasteiger partial charge is 0.283 e. The Hall–Kier alpha value is -3.52. The van der Waals surface area contributed by atoms with Crippen molar-refractivity contribution in [1.29, 1.82) is 0 Å². The summed E-state index contributed by atoms with van der Waals surface area (Å²) in [5.41, 5.74) is 3.23. The van der Waals surface area contributed by atoms with Gasteiger partial charge in [0.1, 0.15) is 16.8 Å². The molecule has 2 aromatic carbocycles. The standard InChI is InChI=1S/C25H26N4O3S/c1-4-16(2)27-21(30)15-33-25-28-22-20(17-8-6-5-7-9-17)14-26-23(22)24(31)29(25)18-10-12-19(32-3)13-11-18/h5-14,16,26H,4,15H2,1-3H3,(H,27,30). The Morgan fingerprint density at radius 1 is 1.18 bits per heavy atom. The molecule has 0 spiro atoms. The van der Waals surface area contributed by atoms with E-state index in [2.05, 4.69) is 10.3 Å². The van der Waals surface area contributed by atoms with Crippen molar-refractivity contribution in [3.8, 4) is 22.6 Å². The number of benzene rings is 2. The van der Waals surface area contributed by atoms with E-state index in [-0.39, 0.29) is 23.3 Å². The van der Waals surface area contributed by atoms with Crippen molar-refractivity contribution in [1.82, 2.24) is 19.9 Å². The molecule has 0 aliphatic heterocycles. The van der Waals surface area contributed by atoms with E-state index in [0.717, 1.165) is 17.5 Å². The summed E-state index contributed by atoms with van der Waals surface area (Å²) in [6, 6.07) is 17.1. The molecule has 0 saturated carbocycles. The number of amides is 1. The van der Waals surface area contributed by atoms with Crippen LogP contribution in [0.25, 0.3) is 27.8 Å². The number of hydrogen-bond donors (Lipinski definition) is 2. The molecule has 8 heteroatoms. The second kappa shape index (κ2) is 9.95. The van der Waals surface area contributed by atoms with E-state index in [0.29, 0.717) is 27.6 Å². The number of carbonyl (C=O) groups excluding carboxylic acids is 1. The van der Waals surface area contributed by atoms with Crippen LogP contribution in [0.15, 0.2) is 70.7 Å². The maximum atomic E-state index is 13.6. The minimum absolute atomic E-state index is 0.0895. The fourth-order valence-electron chi connectivity index (χ4n) is 3.48. The highest BCUT2D eigenvalue weighted by molar-refractivity contribution is 7.99. The average molecular weight is 463 g/mol. The lowest BCUT2D eigenvalue weighted by atomic mass is 10.1. The van der Waals surface area contributed by atoms with Crippen LogP contribution >= 0.6 is 11.8 Å². The minimum atomic E-state index is -0.225. The normalized spacial score (nSPS) is 12.0.